The molecule has 0 radical (unpaired) electrons. The van der Waals surface area contributed by atoms with Gasteiger partial charge in [-0.05, 0) is 12.1 Å². The van der Waals surface area contributed by atoms with Gasteiger partial charge in [0.05, 0.1) is 39.6 Å². The van der Waals surface area contributed by atoms with Gasteiger partial charge in [-0.1, -0.05) is 18.2 Å². The Morgan fingerprint density at radius 2 is 0.517 bits per heavy atom. The van der Waals surface area contributed by atoms with Crippen molar-refractivity contribution < 1.29 is 173 Å². The topological polar surface area (TPSA) is 556 Å². The minimum atomic E-state index is -2.22. The van der Waals surface area contributed by atoms with Gasteiger partial charge >= 0.3 is 0 Å². The first-order valence-electron chi connectivity index (χ1n) is 28.0. The smallest absolute Gasteiger partial charge is 0.187 e. The molecule has 0 spiro atoms. The normalized spacial score (nSPS) is 50.3. The summed E-state index contributed by atoms with van der Waals surface area (Å²) < 4.78 is 87.6. The van der Waals surface area contributed by atoms with E-state index in [1.807, 2.05) is 0 Å². The molecule has 0 aliphatic carbocycles. The summed E-state index contributed by atoms with van der Waals surface area (Å²) in [5, 5.41) is 225. The molecular weight excluding hydrogens is 1190 g/mol. The molecule has 87 heavy (non-hydrogen) atoms. The van der Waals surface area contributed by atoms with E-state index in [4.69, 9.17) is 71.1 Å². The third kappa shape index (κ3) is 13.2. The van der Waals surface area contributed by atoms with Crippen molar-refractivity contribution in [3.63, 3.8) is 0 Å². The highest BCUT2D eigenvalue weighted by Gasteiger charge is 2.59. The summed E-state index contributed by atoms with van der Waals surface area (Å²) >= 11 is 0. The second-order valence-corrected chi connectivity index (χ2v) is 22.1. The lowest BCUT2D eigenvalue weighted by Gasteiger charge is -2.50. The number of rotatable bonds is 9. The highest BCUT2D eigenvalue weighted by atomic mass is 16.8. The van der Waals surface area contributed by atoms with Crippen LogP contribution in [0.2, 0.25) is 0 Å². The molecule has 21 aliphatic heterocycles. The van der Waals surface area contributed by atoms with E-state index in [2.05, 4.69) is 4.98 Å². The van der Waals surface area contributed by atoms with Gasteiger partial charge in [0.1, 0.15) is 189 Å². The Morgan fingerprint density at radius 3 is 0.770 bits per heavy atom. The Labute approximate surface area is 491 Å². The minimum absolute atomic E-state index is 0.156. The Morgan fingerprint density at radius 1 is 0.287 bits per heavy atom. The monoisotopic (exact) mass is 1260 g/mol. The number of aliphatic hydroxyl groups excluding tert-OH is 20. The van der Waals surface area contributed by atoms with Gasteiger partial charge in [0.2, 0.25) is 0 Å². The molecule has 20 N–H and O–H groups in total. The molecule has 35 atom stereocenters. The van der Waals surface area contributed by atoms with Crippen molar-refractivity contribution in [3.8, 4) is 5.75 Å². The SMILES string of the molecule is OC[C@H]1O[C@@H]2O[C@H]3[C@H](O)[C@@H](O)[C@@H](O[C@H]4[C@H](O)[C@@H](O)[C@@H](O[C@H]5[C@H](O)[C@@H](O)[C@@H](O[C@H]6[C@H](O)[C@@H](O)[C@@H](O[C@H]7[C@H](O)[C@@H](O)[C@@H](O[C@H]8[C@H](O)[C@@H](O)[C@@H](O[C@H]1[C@H](O)[C@H]2O)O[C@@H]8CO)O[C@@H]7CO)O[C@@H]6CO)O[C@@H]5COc1cccc2cccnc12)O[C@@H]4CO)O[C@@H]3CO. The van der Waals surface area contributed by atoms with E-state index >= 15 is 0 Å². The number of ether oxygens (including phenoxy) is 15. The van der Waals surface area contributed by atoms with Crippen molar-refractivity contribution in [2.75, 3.05) is 46.2 Å². The zero-order chi connectivity index (χ0) is 62.4. The number of pyridine rings is 1. The molecule has 36 nitrogen and oxygen atoms in total. The number of fused-ring (bicyclic) bond motifs is 1. The molecule has 0 amide bonds. The largest absolute Gasteiger partial charge is 0.488 e. The van der Waals surface area contributed by atoms with Crippen LogP contribution in [0.4, 0.5) is 0 Å². The van der Waals surface area contributed by atoms with Crippen molar-refractivity contribution in [2.45, 2.75) is 215 Å². The predicted octanol–water partition coefficient (Wildman–Crippen LogP) is -12.6. The zero-order valence-electron chi connectivity index (χ0n) is 45.6. The summed E-state index contributed by atoms with van der Waals surface area (Å²) in [5.74, 6) is 0.156. The van der Waals surface area contributed by atoms with Crippen LogP contribution in [0.25, 0.3) is 10.9 Å². The number of hydrogen-bond donors (Lipinski definition) is 20. The molecule has 21 fully saturated rings. The molecule has 1 aromatic carbocycles. The molecule has 21 saturated heterocycles. The second kappa shape index (κ2) is 28.5. The Kier molecular flexibility index (Phi) is 22.0. The van der Waals surface area contributed by atoms with E-state index < -0.39 is 261 Å². The first kappa shape index (κ1) is 67.0. The molecule has 0 saturated carbocycles. The van der Waals surface area contributed by atoms with Crippen LogP contribution in [-0.4, -0.2) is 368 Å². The highest BCUT2D eigenvalue weighted by molar-refractivity contribution is 5.84. The lowest BCUT2D eigenvalue weighted by molar-refractivity contribution is -0.396. The van der Waals surface area contributed by atoms with Crippen LogP contribution in [0.15, 0.2) is 36.5 Å². The van der Waals surface area contributed by atoms with Crippen LogP contribution in [0.3, 0.4) is 0 Å². The molecule has 1 aromatic heterocycles. The Bertz CT molecular complexity index is 2480. The molecule has 494 valence electrons. The second-order valence-electron chi connectivity index (χ2n) is 22.1. The van der Waals surface area contributed by atoms with E-state index in [0.29, 0.717) is 10.9 Å². The molecular formula is C51H75NO35. The lowest BCUT2D eigenvalue weighted by atomic mass is 9.95. The van der Waals surface area contributed by atoms with Crippen LogP contribution in [0.1, 0.15) is 0 Å². The van der Waals surface area contributed by atoms with Gasteiger partial charge in [-0.15, -0.1) is 0 Å². The standard InChI is InChI=1S/C51H75NO35/c53-7-16-38-25(60)32(67)46(75-16)83-40-18(9-55)77-48(34(69)27(40)62)85-42-20(11-57)79-50(36(71)29(42)64)87-44-22(13-73-15-5-1-3-14-4-2-6-52-23(14)15)80-51(37(72)30(44)65)86-43-21(12-58)78-49(35(70)28(43)63)84-41-19(10-56)76-47(33(68)26(41)61)82-39-17(8-54)74-45(81-38)31(66)24(39)59/h1-6,16-22,24-51,53-72H,7-13H2/t16-,17-,18-,19-,20-,21-,22-,24-,25-,26-,27-,28-,29-,30-,31-,32-,33-,34-,35-,36-,37-,38-,39-,40-,41-,42-,43-,44-,45-,46-,47-,48-,49-,50-,51-/m1/s1. The van der Waals surface area contributed by atoms with Crippen molar-refractivity contribution in [2.24, 2.45) is 0 Å². The summed E-state index contributed by atoms with van der Waals surface area (Å²) in [5.41, 5.74) is 0.353. The van der Waals surface area contributed by atoms with Gasteiger partial charge in [0, 0.05) is 11.6 Å². The molecule has 36 heteroatoms. The first-order chi connectivity index (χ1) is 41.7. The van der Waals surface area contributed by atoms with Gasteiger partial charge in [0.15, 0.2) is 44.0 Å². The average molecular weight is 1260 g/mol. The highest BCUT2D eigenvalue weighted by Crippen LogP contribution is 2.39. The van der Waals surface area contributed by atoms with Gasteiger partial charge < -0.3 is 173 Å². The molecule has 0 unspecified atom stereocenters. The molecule has 23 rings (SSSR count). The van der Waals surface area contributed by atoms with E-state index in [9.17, 15) is 102 Å². The van der Waals surface area contributed by atoms with Gasteiger partial charge in [0.25, 0.3) is 0 Å². The predicted molar refractivity (Wildman–Crippen MR) is 269 cm³/mol. The van der Waals surface area contributed by atoms with Gasteiger partial charge in [-0.3, -0.25) is 4.98 Å². The number of nitrogens with zero attached hydrogens (tertiary/aromatic N) is 1. The summed E-state index contributed by atoms with van der Waals surface area (Å²) in [6, 6.07) is 8.29. The molecule has 21 aliphatic rings. The Hall–Kier alpha value is -2.93. The van der Waals surface area contributed by atoms with Crippen LogP contribution in [-0.2, 0) is 66.3 Å². The summed E-state index contributed by atoms with van der Waals surface area (Å²) in [4.78, 5) is 4.35. The fraction of sp³-hybridized carbons (Fsp3) is 0.824. The van der Waals surface area contributed by atoms with Gasteiger partial charge in [-0.25, -0.2) is 0 Å². The van der Waals surface area contributed by atoms with Crippen LogP contribution in [0.5, 0.6) is 5.75 Å². The number of aliphatic hydroxyl groups is 20. The van der Waals surface area contributed by atoms with Crippen molar-refractivity contribution in [3.05, 3.63) is 36.5 Å². The van der Waals surface area contributed by atoms with Crippen LogP contribution in [0, 0.1) is 0 Å². The third-order valence-electron chi connectivity index (χ3n) is 16.6. The van der Waals surface area contributed by atoms with Crippen molar-refractivity contribution >= 4 is 10.9 Å². The maximum atomic E-state index is 11.9. The van der Waals surface area contributed by atoms with E-state index in [1.165, 1.54) is 12.3 Å². The maximum absolute atomic E-state index is 11.9. The maximum Gasteiger partial charge on any atom is 0.187 e. The van der Waals surface area contributed by atoms with Crippen molar-refractivity contribution in [1.29, 1.82) is 0 Å². The fourth-order valence-electron chi connectivity index (χ4n) is 11.8. The molecule has 22 heterocycles. The number of aromatic nitrogens is 1. The quantitative estimate of drug-likeness (QED) is 0.111. The van der Waals surface area contributed by atoms with Crippen LogP contribution < -0.4 is 4.74 Å². The minimum Gasteiger partial charge on any atom is -0.488 e. The van der Waals surface area contributed by atoms with E-state index in [1.54, 1.807) is 24.3 Å². The van der Waals surface area contributed by atoms with E-state index in [0.717, 1.165) is 0 Å². The lowest BCUT2D eigenvalue weighted by Crippen LogP contribution is -2.68. The number of para-hydroxylation sites is 1. The number of hydrogen-bond acceptors (Lipinski definition) is 36. The fourth-order valence-corrected chi connectivity index (χ4v) is 11.8. The third-order valence-corrected chi connectivity index (χ3v) is 16.6. The summed E-state index contributed by atoms with van der Waals surface area (Å²) in [7, 11) is 0. The molecule has 14 bridgehead atoms. The summed E-state index contributed by atoms with van der Waals surface area (Å²) in [6.45, 7) is -6.92. The van der Waals surface area contributed by atoms with Gasteiger partial charge in [-0.2, -0.15) is 0 Å². The average Bonchev–Trinajstić information content (AvgIpc) is 1.41. The summed E-state index contributed by atoms with van der Waals surface area (Å²) in [6.07, 6.45) is -69.0. The zero-order valence-corrected chi connectivity index (χ0v) is 45.6. The van der Waals surface area contributed by atoms with E-state index in [-0.39, 0.29) is 5.75 Å². The van der Waals surface area contributed by atoms with Crippen LogP contribution >= 0.6 is 0 Å². The number of benzene rings is 1. The first-order valence-corrected chi connectivity index (χ1v) is 28.0. The van der Waals surface area contributed by atoms with Crippen molar-refractivity contribution in [1.82, 2.24) is 4.98 Å². The molecule has 2 aromatic rings. The Balaban J connectivity index is 0.954.